The molecule has 0 radical (unpaired) electrons. The largest absolute Gasteiger partial charge is 0.322 e. The van der Waals surface area contributed by atoms with Gasteiger partial charge in [0.05, 0.1) is 11.6 Å². The van der Waals surface area contributed by atoms with Gasteiger partial charge in [0.2, 0.25) is 0 Å². The van der Waals surface area contributed by atoms with E-state index < -0.39 is 0 Å². The van der Waals surface area contributed by atoms with E-state index in [0.29, 0.717) is 22.4 Å². The summed E-state index contributed by atoms with van der Waals surface area (Å²) in [6.45, 7) is 0. The summed E-state index contributed by atoms with van der Waals surface area (Å²) in [6.07, 6.45) is 0.720. The Balaban J connectivity index is 2.15. The van der Waals surface area contributed by atoms with Gasteiger partial charge in [0.25, 0.3) is 5.91 Å². The van der Waals surface area contributed by atoms with Crippen molar-refractivity contribution in [2.75, 3.05) is 5.32 Å². The molecule has 2 aromatic rings. The van der Waals surface area contributed by atoms with Crippen LogP contribution in [0.25, 0.3) is 0 Å². The summed E-state index contributed by atoms with van der Waals surface area (Å²) in [4.78, 5) is 22.6. The van der Waals surface area contributed by atoms with Crippen molar-refractivity contribution in [3.8, 4) is 6.07 Å². The molecule has 0 spiro atoms. The lowest BCUT2D eigenvalue weighted by Gasteiger charge is -2.05. The number of carbonyl (C=O) groups excluding carboxylic acids is 2. The second-order valence-corrected chi connectivity index (χ2v) is 3.89. The quantitative estimate of drug-likeness (QED) is 0.851. The number of amides is 1. The number of aldehydes is 1. The molecule has 0 unspecified atom stereocenters. The van der Waals surface area contributed by atoms with Gasteiger partial charge in [-0.15, -0.1) is 0 Å². The van der Waals surface area contributed by atoms with Gasteiger partial charge >= 0.3 is 0 Å². The molecule has 4 nitrogen and oxygen atoms in total. The van der Waals surface area contributed by atoms with E-state index in [2.05, 4.69) is 5.32 Å². The Kier molecular flexibility index (Phi) is 3.70. The topological polar surface area (TPSA) is 70.0 Å². The number of rotatable bonds is 3. The van der Waals surface area contributed by atoms with Crippen molar-refractivity contribution in [3.05, 3.63) is 65.2 Å². The van der Waals surface area contributed by atoms with Gasteiger partial charge in [0.15, 0.2) is 0 Å². The van der Waals surface area contributed by atoms with Crippen LogP contribution in [0.1, 0.15) is 26.3 Å². The van der Waals surface area contributed by atoms with E-state index in [1.165, 1.54) is 0 Å². The number of nitrogens with one attached hydrogen (secondary N) is 1. The fourth-order valence-electron chi connectivity index (χ4n) is 1.59. The molecule has 0 saturated carbocycles. The first-order valence-electron chi connectivity index (χ1n) is 5.59. The van der Waals surface area contributed by atoms with E-state index in [1.54, 1.807) is 48.5 Å². The van der Waals surface area contributed by atoms with Crippen LogP contribution >= 0.6 is 0 Å². The zero-order chi connectivity index (χ0) is 13.7. The van der Waals surface area contributed by atoms with E-state index >= 15 is 0 Å². The highest BCUT2D eigenvalue weighted by molar-refractivity contribution is 6.04. The van der Waals surface area contributed by atoms with Crippen molar-refractivity contribution in [1.29, 1.82) is 5.26 Å². The summed E-state index contributed by atoms with van der Waals surface area (Å²) in [5.41, 5.74) is 2.01. The van der Waals surface area contributed by atoms with Crippen LogP contribution in [-0.2, 0) is 0 Å². The minimum absolute atomic E-state index is 0.285. The highest BCUT2D eigenvalue weighted by Crippen LogP contribution is 2.11. The van der Waals surface area contributed by atoms with Crippen molar-refractivity contribution < 1.29 is 9.59 Å². The molecule has 0 fully saturated rings. The second kappa shape index (κ2) is 5.61. The maximum Gasteiger partial charge on any atom is 0.255 e. The molecule has 0 aromatic heterocycles. The predicted molar refractivity (Wildman–Crippen MR) is 70.9 cm³/mol. The van der Waals surface area contributed by atoms with Crippen LogP contribution in [0.2, 0.25) is 0 Å². The maximum absolute atomic E-state index is 11.9. The van der Waals surface area contributed by atoms with Crippen LogP contribution in [0.3, 0.4) is 0 Å². The number of nitriles is 1. The molecular formula is C15H10N2O2. The molecule has 92 valence electrons. The summed E-state index contributed by atoms with van der Waals surface area (Å²) in [5, 5.41) is 11.4. The second-order valence-electron chi connectivity index (χ2n) is 3.89. The molecule has 1 N–H and O–H groups in total. The molecule has 0 aliphatic rings. The number of hydrogen-bond acceptors (Lipinski definition) is 3. The first kappa shape index (κ1) is 12.5. The lowest BCUT2D eigenvalue weighted by atomic mass is 10.1. The van der Waals surface area contributed by atoms with E-state index in [1.807, 2.05) is 6.07 Å². The van der Waals surface area contributed by atoms with Crippen LogP contribution in [0.4, 0.5) is 5.69 Å². The fraction of sp³-hybridized carbons (Fsp3) is 0. The number of carbonyl (C=O) groups is 2. The average molecular weight is 250 g/mol. The summed E-state index contributed by atoms with van der Waals surface area (Å²) in [6, 6.07) is 15.0. The van der Waals surface area contributed by atoms with Crippen LogP contribution in [0.5, 0.6) is 0 Å². The van der Waals surface area contributed by atoms with Crippen molar-refractivity contribution in [2.45, 2.75) is 0 Å². The lowest BCUT2D eigenvalue weighted by Crippen LogP contribution is -2.11. The summed E-state index contributed by atoms with van der Waals surface area (Å²) in [5.74, 6) is -0.285. The Labute approximate surface area is 110 Å². The first-order chi connectivity index (χ1) is 9.22. The highest BCUT2D eigenvalue weighted by atomic mass is 16.1. The monoisotopic (exact) mass is 250 g/mol. The van der Waals surface area contributed by atoms with Gasteiger partial charge in [0.1, 0.15) is 6.29 Å². The molecule has 4 heteroatoms. The molecule has 0 saturated heterocycles. The zero-order valence-electron chi connectivity index (χ0n) is 9.96. The van der Waals surface area contributed by atoms with Crippen LogP contribution in [0.15, 0.2) is 48.5 Å². The number of anilines is 1. The van der Waals surface area contributed by atoms with Gasteiger partial charge in [-0.1, -0.05) is 12.1 Å². The van der Waals surface area contributed by atoms with Gasteiger partial charge in [-0.2, -0.15) is 5.26 Å². The molecule has 1 amide bonds. The molecule has 0 aliphatic heterocycles. The molecule has 2 rings (SSSR count). The smallest absolute Gasteiger partial charge is 0.255 e. The average Bonchev–Trinajstić information content (AvgIpc) is 2.47. The van der Waals surface area contributed by atoms with Gasteiger partial charge in [0, 0.05) is 16.8 Å². The van der Waals surface area contributed by atoms with Crippen molar-refractivity contribution in [2.24, 2.45) is 0 Å². The SMILES string of the molecule is N#Cc1ccc(C(=O)Nc2cccc(C=O)c2)cc1. The standard InChI is InChI=1S/C15H10N2O2/c16-9-11-4-6-13(7-5-11)15(19)17-14-3-1-2-12(8-14)10-18/h1-8,10H,(H,17,19). The van der Waals surface area contributed by atoms with Crippen LogP contribution in [-0.4, -0.2) is 12.2 Å². The molecule has 19 heavy (non-hydrogen) atoms. The van der Waals surface area contributed by atoms with E-state index in [9.17, 15) is 9.59 Å². The fourth-order valence-corrected chi connectivity index (χ4v) is 1.59. The predicted octanol–water partition coefficient (Wildman–Crippen LogP) is 2.62. The van der Waals surface area contributed by atoms with E-state index in [-0.39, 0.29) is 5.91 Å². The van der Waals surface area contributed by atoms with Gasteiger partial charge in [-0.05, 0) is 36.4 Å². The van der Waals surface area contributed by atoms with Crippen molar-refractivity contribution in [3.63, 3.8) is 0 Å². The molecule has 0 bridgehead atoms. The minimum atomic E-state index is -0.285. The Morgan fingerprint density at radius 2 is 1.89 bits per heavy atom. The molecule has 0 aliphatic carbocycles. The summed E-state index contributed by atoms with van der Waals surface area (Å²) in [7, 11) is 0. The number of hydrogen-bond donors (Lipinski definition) is 1. The number of nitrogens with zero attached hydrogens (tertiary/aromatic N) is 1. The third kappa shape index (κ3) is 3.05. The maximum atomic E-state index is 11.9. The Morgan fingerprint density at radius 3 is 2.53 bits per heavy atom. The number of benzene rings is 2. The summed E-state index contributed by atoms with van der Waals surface area (Å²) < 4.78 is 0. The van der Waals surface area contributed by atoms with E-state index in [4.69, 9.17) is 5.26 Å². The third-order valence-corrected chi connectivity index (χ3v) is 2.56. The highest BCUT2D eigenvalue weighted by Gasteiger charge is 2.06. The third-order valence-electron chi connectivity index (χ3n) is 2.56. The van der Waals surface area contributed by atoms with E-state index in [0.717, 1.165) is 6.29 Å². The molecule has 0 atom stereocenters. The minimum Gasteiger partial charge on any atom is -0.322 e. The normalized spacial score (nSPS) is 9.42. The van der Waals surface area contributed by atoms with Gasteiger partial charge in [-0.25, -0.2) is 0 Å². The van der Waals surface area contributed by atoms with Crippen molar-refractivity contribution >= 4 is 17.9 Å². The first-order valence-corrected chi connectivity index (χ1v) is 5.59. The Hall–Kier alpha value is -2.93. The Bertz CT molecular complexity index is 655. The lowest BCUT2D eigenvalue weighted by molar-refractivity contribution is 0.102. The molecule has 0 heterocycles. The van der Waals surface area contributed by atoms with Gasteiger partial charge < -0.3 is 5.32 Å². The summed E-state index contributed by atoms with van der Waals surface area (Å²) >= 11 is 0. The Morgan fingerprint density at radius 1 is 1.16 bits per heavy atom. The molecular weight excluding hydrogens is 240 g/mol. The van der Waals surface area contributed by atoms with Crippen LogP contribution in [0, 0.1) is 11.3 Å². The molecule has 2 aromatic carbocycles. The van der Waals surface area contributed by atoms with Crippen LogP contribution < -0.4 is 5.32 Å². The van der Waals surface area contributed by atoms with Crippen molar-refractivity contribution in [1.82, 2.24) is 0 Å². The zero-order valence-corrected chi connectivity index (χ0v) is 9.96. The van der Waals surface area contributed by atoms with Gasteiger partial charge in [-0.3, -0.25) is 9.59 Å².